The number of carbonyl (C=O) groups is 1. The molecular weight excluding hydrogens is 456 g/mol. The molecule has 8 heteroatoms. The van der Waals surface area contributed by atoms with E-state index in [1.165, 1.54) is 11.8 Å². The van der Waals surface area contributed by atoms with Gasteiger partial charge in [0.15, 0.2) is 11.0 Å². The molecule has 0 atom stereocenters. The number of hydrogen-bond acceptors (Lipinski definition) is 6. The molecule has 6 nitrogen and oxygen atoms in total. The first-order valence-electron chi connectivity index (χ1n) is 10.4. The number of thioether (sulfide) groups is 1. The van der Waals surface area contributed by atoms with Crippen LogP contribution in [0.25, 0.3) is 5.69 Å². The van der Waals surface area contributed by atoms with Gasteiger partial charge >= 0.3 is 5.97 Å². The summed E-state index contributed by atoms with van der Waals surface area (Å²) in [5.41, 5.74) is 3.93. The fourth-order valence-electron chi connectivity index (χ4n) is 3.12. The van der Waals surface area contributed by atoms with Crippen LogP contribution in [0.3, 0.4) is 0 Å². The summed E-state index contributed by atoms with van der Waals surface area (Å²) in [6.45, 7) is 4.39. The molecule has 3 aromatic carbocycles. The van der Waals surface area contributed by atoms with Gasteiger partial charge in [-0.05, 0) is 55.8 Å². The Kier molecular flexibility index (Phi) is 7.32. The third-order valence-corrected chi connectivity index (χ3v) is 6.22. The normalized spacial score (nSPS) is 10.8. The van der Waals surface area contributed by atoms with E-state index in [9.17, 15) is 4.79 Å². The van der Waals surface area contributed by atoms with E-state index in [4.69, 9.17) is 16.3 Å². The van der Waals surface area contributed by atoms with Gasteiger partial charge in [0.2, 0.25) is 0 Å². The molecule has 0 aliphatic rings. The van der Waals surface area contributed by atoms with Gasteiger partial charge in [0.05, 0.1) is 12.3 Å². The largest absolute Gasteiger partial charge is 0.426 e. The van der Waals surface area contributed by atoms with Crippen molar-refractivity contribution in [3.63, 3.8) is 0 Å². The van der Waals surface area contributed by atoms with E-state index in [1.54, 1.807) is 12.1 Å². The average Bonchev–Trinajstić information content (AvgIpc) is 3.23. The number of nitrogens with zero attached hydrogens (tertiary/aromatic N) is 3. The van der Waals surface area contributed by atoms with E-state index < -0.39 is 0 Å². The van der Waals surface area contributed by atoms with Gasteiger partial charge in [-0.3, -0.25) is 9.36 Å². The standard InChI is InChI=1S/C25H23ClN4O2S/c1-17-8-12-21(13-9-17)32-24(31)16-33-25-29-28-23(30(25)20-6-4-3-5-7-20)15-27-19-11-10-18(2)22(26)14-19/h3-14,27H,15-16H2,1-2H3. The predicted octanol–water partition coefficient (Wildman–Crippen LogP) is 5.85. The van der Waals surface area contributed by atoms with Crippen molar-refractivity contribution in [2.75, 3.05) is 11.1 Å². The van der Waals surface area contributed by atoms with Crippen LogP contribution in [0, 0.1) is 13.8 Å². The second-order valence-corrected chi connectivity index (χ2v) is 8.81. The van der Waals surface area contributed by atoms with Gasteiger partial charge in [-0.1, -0.05) is 65.3 Å². The molecule has 0 saturated carbocycles. The second kappa shape index (κ2) is 10.6. The lowest BCUT2D eigenvalue weighted by atomic mass is 10.2. The van der Waals surface area contributed by atoms with E-state index in [0.717, 1.165) is 22.5 Å². The summed E-state index contributed by atoms with van der Waals surface area (Å²) in [7, 11) is 0. The van der Waals surface area contributed by atoms with Crippen LogP contribution in [-0.2, 0) is 11.3 Å². The molecule has 0 amide bonds. The van der Waals surface area contributed by atoms with E-state index in [-0.39, 0.29) is 11.7 Å². The van der Waals surface area contributed by atoms with Gasteiger partial charge in [0.1, 0.15) is 5.75 Å². The number of ether oxygens (including phenoxy) is 1. The minimum absolute atomic E-state index is 0.111. The maximum atomic E-state index is 12.4. The minimum atomic E-state index is -0.347. The second-order valence-electron chi connectivity index (χ2n) is 7.46. The highest BCUT2D eigenvalue weighted by atomic mass is 35.5. The van der Waals surface area contributed by atoms with Crippen molar-refractivity contribution in [2.24, 2.45) is 0 Å². The average molecular weight is 479 g/mol. The van der Waals surface area contributed by atoms with Gasteiger partial charge < -0.3 is 10.1 Å². The van der Waals surface area contributed by atoms with Crippen LogP contribution in [0.15, 0.2) is 78.0 Å². The number of halogens is 1. The molecule has 0 aliphatic heterocycles. The van der Waals surface area contributed by atoms with Crippen molar-refractivity contribution in [1.82, 2.24) is 14.8 Å². The minimum Gasteiger partial charge on any atom is -0.426 e. The molecular formula is C25H23ClN4O2S. The number of para-hydroxylation sites is 1. The Morgan fingerprint density at radius 1 is 1.03 bits per heavy atom. The third kappa shape index (κ3) is 5.94. The summed E-state index contributed by atoms with van der Waals surface area (Å²) in [4.78, 5) is 12.4. The highest BCUT2D eigenvalue weighted by molar-refractivity contribution is 7.99. The van der Waals surface area contributed by atoms with Crippen LogP contribution in [0.5, 0.6) is 5.75 Å². The van der Waals surface area contributed by atoms with Gasteiger partial charge in [0, 0.05) is 16.4 Å². The number of esters is 1. The molecule has 168 valence electrons. The number of aryl methyl sites for hydroxylation is 2. The fourth-order valence-corrected chi connectivity index (χ4v) is 4.04. The maximum Gasteiger partial charge on any atom is 0.321 e. The Hall–Kier alpha value is -3.29. The Morgan fingerprint density at radius 3 is 2.52 bits per heavy atom. The van der Waals surface area contributed by atoms with Gasteiger partial charge in [-0.25, -0.2) is 0 Å². The Labute approximate surface area is 202 Å². The number of anilines is 1. The first-order chi connectivity index (χ1) is 16.0. The van der Waals surface area contributed by atoms with Crippen molar-refractivity contribution < 1.29 is 9.53 Å². The molecule has 0 aliphatic carbocycles. The highest BCUT2D eigenvalue weighted by Gasteiger charge is 2.16. The molecule has 0 radical (unpaired) electrons. The topological polar surface area (TPSA) is 69.0 Å². The smallest absolute Gasteiger partial charge is 0.321 e. The van der Waals surface area contributed by atoms with Crippen molar-refractivity contribution in [2.45, 2.75) is 25.5 Å². The van der Waals surface area contributed by atoms with E-state index in [1.807, 2.05) is 79.1 Å². The van der Waals surface area contributed by atoms with E-state index in [0.29, 0.717) is 28.3 Å². The van der Waals surface area contributed by atoms with Crippen LogP contribution in [0.1, 0.15) is 17.0 Å². The first-order valence-corrected chi connectivity index (χ1v) is 11.8. The summed E-state index contributed by atoms with van der Waals surface area (Å²) >= 11 is 7.53. The summed E-state index contributed by atoms with van der Waals surface area (Å²) < 4.78 is 7.36. The Bertz CT molecular complexity index is 1240. The molecule has 1 heterocycles. The molecule has 0 fully saturated rings. The van der Waals surface area contributed by atoms with Gasteiger partial charge in [0.25, 0.3) is 0 Å². The monoisotopic (exact) mass is 478 g/mol. The van der Waals surface area contributed by atoms with Gasteiger partial charge in [-0.15, -0.1) is 10.2 Å². The lowest BCUT2D eigenvalue weighted by Gasteiger charge is -2.12. The lowest BCUT2D eigenvalue weighted by molar-refractivity contribution is -0.131. The van der Waals surface area contributed by atoms with Gasteiger partial charge in [-0.2, -0.15) is 0 Å². The van der Waals surface area contributed by atoms with Crippen LogP contribution in [0.4, 0.5) is 5.69 Å². The van der Waals surface area contributed by atoms with Crippen molar-refractivity contribution in [3.8, 4) is 11.4 Å². The zero-order valence-corrected chi connectivity index (χ0v) is 19.9. The summed E-state index contributed by atoms with van der Waals surface area (Å²) in [5, 5.41) is 13.4. The summed E-state index contributed by atoms with van der Waals surface area (Å²) in [6.07, 6.45) is 0. The van der Waals surface area contributed by atoms with Crippen LogP contribution >= 0.6 is 23.4 Å². The highest BCUT2D eigenvalue weighted by Crippen LogP contribution is 2.24. The molecule has 0 unspecified atom stereocenters. The number of carbonyl (C=O) groups excluding carboxylic acids is 1. The zero-order chi connectivity index (χ0) is 23.2. The quantitative estimate of drug-likeness (QED) is 0.195. The number of benzene rings is 3. The number of nitrogens with one attached hydrogen (secondary N) is 1. The molecule has 0 saturated heterocycles. The first kappa shape index (κ1) is 22.9. The maximum absolute atomic E-state index is 12.4. The molecule has 4 aromatic rings. The molecule has 0 spiro atoms. The number of aromatic nitrogens is 3. The van der Waals surface area contributed by atoms with E-state index >= 15 is 0 Å². The lowest BCUT2D eigenvalue weighted by Crippen LogP contribution is -2.12. The van der Waals surface area contributed by atoms with Crippen molar-refractivity contribution >= 4 is 35.0 Å². The molecule has 1 N–H and O–H groups in total. The number of hydrogen-bond donors (Lipinski definition) is 1. The molecule has 33 heavy (non-hydrogen) atoms. The summed E-state index contributed by atoms with van der Waals surface area (Å²) in [6, 6.07) is 23.0. The van der Waals surface area contributed by atoms with Crippen molar-refractivity contribution in [3.05, 3.63) is 94.8 Å². The molecule has 1 aromatic heterocycles. The van der Waals surface area contributed by atoms with Crippen LogP contribution in [0.2, 0.25) is 5.02 Å². The Balaban J connectivity index is 1.49. The predicted molar refractivity (Wildman–Crippen MR) is 132 cm³/mol. The molecule has 4 rings (SSSR count). The molecule has 0 bridgehead atoms. The fraction of sp³-hybridized carbons (Fsp3) is 0.160. The third-order valence-electron chi connectivity index (χ3n) is 4.91. The zero-order valence-electron chi connectivity index (χ0n) is 18.3. The van der Waals surface area contributed by atoms with Crippen LogP contribution in [-0.4, -0.2) is 26.5 Å². The van der Waals surface area contributed by atoms with E-state index in [2.05, 4.69) is 15.5 Å². The van der Waals surface area contributed by atoms with Crippen LogP contribution < -0.4 is 10.1 Å². The Morgan fingerprint density at radius 2 is 1.79 bits per heavy atom. The SMILES string of the molecule is Cc1ccc(OC(=O)CSc2nnc(CNc3ccc(C)c(Cl)c3)n2-c2ccccc2)cc1. The summed E-state index contributed by atoms with van der Waals surface area (Å²) in [5.74, 6) is 1.00. The van der Waals surface area contributed by atoms with Crippen molar-refractivity contribution in [1.29, 1.82) is 0 Å². The number of rotatable bonds is 8.